The number of benzene rings is 2. The van der Waals surface area contributed by atoms with Crippen LogP contribution in [0.4, 0.5) is 19.1 Å². The van der Waals surface area contributed by atoms with Gasteiger partial charge in [-0.2, -0.15) is 9.67 Å². The number of alkyl halides is 3. The molecule has 0 unspecified atom stereocenters. The molecule has 28 heavy (non-hydrogen) atoms. The van der Waals surface area contributed by atoms with Crippen molar-refractivity contribution in [1.29, 1.82) is 0 Å². The van der Waals surface area contributed by atoms with E-state index in [-0.39, 0.29) is 5.75 Å². The number of ether oxygens (including phenoxy) is 1. The molecule has 0 atom stereocenters. The standard InChI is InChI=1S/C19H15F3N4O2/c20-19(21,22)28-16-9-7-15(8-10-16)26-18(23-14-5-6-14)24-17(25-26)13-3-1-12(11-27)2-4-13/h1-4,7-11,14H,5-6H2,(H,23,24,25). The van der Waals surface area contributed by atoms with Crippen LogP contribution in [0.25, 0.3) is 17.1 Å². The molecule has 1 fully saturated rings. The van der Waals surface area contributed by atoms with Crippen LogP contribution in [0.1, 0.15) is 23.2 Å². The summed E-state index contributed by atoms with van der Waals surface area (Å²) < 4.78 is 42.5. The number of nitrogens with one attached hydrogen (secondary N) is 1. The first-order chi connectivity index (χ1) is 13.4. The number of carbonyl (C=O) groups excluding carboxylic acids is 1. The van der Waals surface area contributed by atoms with Crippen LogP contribution in [-0.4, -0.2) is 33.5 Å². The molecule has 1 N–H and O–H groups in total. The van der Waals surface area contributed by atoms with Crippen molar-refractivity contribution in [2.75, 3.05) is 5.32 Å². The summed E-state index contributed by atoms with van der Waals surface area (Å²) in [6.45, 7) is 0. The van der Waals surface area contributed by atoms with Crippen LogP contribution < -0.4 is 10.1 Å². The molecule has 0 amide bonds. The summed E-state index contributed by atoms with van der Waals surface area (Å²) in [5.74, 6) is 0.635. The van der Waals surface area contributed by atoms with Gasteiger partial charge in [-0.1, -0.05) is 24.3 Å². The SMILES string of the molecule is O=Cc1ccc(-c2nc(NC3CC3)n(-c3ccc(OC(F)(F)F)cc3)n2)cc1. The van der Waals surface area contributed by atoms with Gasteiger partial charge in [-0.3, -0.25) is 4.79 Å². The molecule has 0 aliphatic heterocycles. The van der Waals surface area contributed by atoms with E-state index >= 15 is 0 Å². The highest BCUT2D eigenvalue weighted by atomic mass is 19.4. The number of halogens is 3. The van der Waals surface area contributed by atoms with Crippen LogP contribution in [0.3, 0.4) is 0 Å². The molecular formula is C19H15F3N4O2. The fourth-order valence-corrected chi connectivity index (χ4v) is 2.62. The number of anilines is 1. The lowest BCUT2D eigenvalue weighted by atomic mass is 10.1. The van der Waals surface area contributed by atoms with Gasteiger partial charge in [0, 0.05) is 17.2 Å². The lowest BCUT2D eigenvalue weighted by Gasteiger charge is -2.10. The fourth-order valence-electron chi connectivity index (χ4n) is 2.62. The van der Waals surface area contributed by atoms with Gasteiger partial charge in [-0.15, -0.1) is 18.3 Å². The van der Waals surface area contributed by atoms with Gasteiger partial charge in [0.1, 0.15) is 12.0 Å². The van der Waals surface area contributed by atoms with Gasteiger partial charge < -0.3 is 10.1 Å². The predicted molar refractivity (Wildman–Crippen MR) is 95.5 cm³/mol. The highest BCUT2D eigenvalue weighted by Gasteiger charge is 2.31. The second-order valence-electron chi connectivity index (χ2n) is 6.37. The summed E-state index contributed by atoms with van der Waals surface area (Å²) in [6, 6.07) is 12.5. The van der Waals surface area contributed by atoms with E-state index in [9.17, 15) is 18.0 Å². The van der Waals surface area contributed by atoms with Gasteiger partial charge in [0.05, 0.1) is 5.69 Å². The van der Waals surface area contributed by atoms with Gasteiger partial charge in [0.15, 0.2) is 5.82 Å². The quantitative estimate of drug-likeness (QED) is 0.641. The second kappa shape index (κ2) is 6.99. The largest absolute Gasteiger partial charge is 0.573 e. The average molecular weight is 388 g/mol. The van der Waals surface area contributed by atoms with Crippen molar-refractivity contribution < 1.29 is 22.7 Å². The fraction of sp³-hybridized carbons (Fsp3) is 0.211. The Bertz CT molecular complexity index is 978. The van der Waals surface area contributed by atoms with Crippen molar-refractivity contribution in [3.8, 4) is 22.8 Å². The molecule has 2 aromatic carbocycles. The molecule has 9 heteroatoms. The highest BCUT2D eigenvalue weighted by molar-refractivity contribution is 5.76. The van der Waals surface area contributed by atoms with Gasteiger partial charge in [-0.25, -0.2) is 0 Å². The Kier molecular flexibility index (Phi) is 4.50. The third-order valence-corrected chi connectivity index (χ3v) is 4.14. The summed E-state index contributed by atoms with van der Waals surface area (Å²) in [5, 5.41) is 7.75. The third kappa shape index (κ3) is 4.13. The lowest BCUT2D eigenvalue weighted by molar-refractivity contribution is -0.274. The zero-order valence-electron chi connectivity index (χ0n) is 14.5. The van der Waals surface area contributed by atoms with Crippen LogP contribution in [-0.2, 0) is 0 Å². The average Bonchev–Trinajstić information content (AvgIpc) is 3.38. The Morgan fingerprint density at radius 2 is 1.75 bits per heavy atom. The maximum atomic E-state index is 12.3. The summed E-state index contributed by atoms with van der Waals surface area (Å²) in [5.41, 5.74) is 1.81. The second-order valence-corrected chi connectivity index (χ2v) is 6.37. The van der Waals surface area contributed by atoms with Crippen molar-refractivity contribution in [2.24, 2.45) is 0 Å². The summed E-state index contributed by atoms with van der Waals surface area (Å²) in [6.07, 6.45) is -1.95. The first-order valence-corrected chi connectivity index (χ1v) is 8.57. The predicted octanol–water partition coefficient (Wildman–Crippen LogP) is 4.22. The maximum absolute atomic E-state index is 12.3. The van der Waals surface area contributed by atoms with Crippen molar-refractivity contribution >= 4 is 12.2 Å². The molecule has 6 nitrogen and oxygen atoms in total. The Morgan fingerprint density at radius 3 is 2.32 bits per heavy atom. The Balaban J connectivity index is 1.66. The van der Waals surface area contributed by atoms with Gasteiger partial charge in [0.25, 0.3) is 0 Å². The van der Waals surface area contributed by atoms with Gasteiger partial charge >= 0.3 is 6.36 Å². The number of rotatable bonds is 6. The van der Waals surface area contributed by atoms with Crippen LogP contribution in [0, 0.1) is 0 Å². The minimum absolute atomic E-state index is 0.307. The van der Waals surface area contributed by atoms with Crippen LogP contribution >= 0.6 is 0 Å². The third-order valence-electron chi connectivity index (χ3n) is 4.14. The molecule has 1 aliphatic carbocycles. The molecular weight excluding hydrogens is 373 g/mol. The molecule has 3 aromatic rings. The molecule has 0 bridgehead atoms. The molecule has 1 heterocycles. The van der Waals surface area contributed by atoms with Crippen molar-refractivity contribution in [3.05, 3.63) is 54.1 Å². The number of aromatic nitrogens is 3. The number of aldehydes is 1. The maximum Gasteiger partial charge on any atom is 0.573 e. The Morgan fingerprint density at radius 1 is 1.07 bits per heavy atom. The van der Waals surface area contributed by atoms with Crippen LogP contribution in [0.15, 0.2) is 48.5 Å². The summed E-state index contributed by atoms with van der Waals surface area (Å²) in [7, 11) is 0. The van der Waals surface area contributed by atoms with Crippen molar-refractivity contribution in [2.45, 2.75) is 25.2 Å². The summed E-state index contributed by atoms with van der Waals surface area (Å²) in [4.78, 5) is 15.3. The van der Waals surface area contributed by atoms with Crippen LogP contribution in [0.5, 0.6) is 5.75 Å². The first kappa shape index (κ1) is 18.0. The smallest absolute Gasteiger partial charge is 0.406 e. The van der Waals surface area contributed by atoms with Crippen LogP contribution in [0.2, 0.25) is 0 Å². The molecule has 1 aliphatic rings. The number of hydrogen-bond donors (Lipinski definition) is 1. The van der Waals surface area contributed by atoms with E-state index in [1.54, 1.807) is 28.9 Å². The molecule has 1 aromatic heterocycles. The zero-order valence-corrected chi connectivity index (χ0v) is 14.5. The summed E-state index contributed by atoms with van der Waals surface area (Å²) >= 11 is 0. The number of carbonyl (C=O) groups is 1. The van der Waals surface area contributed by atoms with Gasteiger partial charge in [0.2, 0.25) is 5.95 Å². The van der Waals surface area contributed by atoms with E-state index < -0.39 is 6.36 Å². The molecule has 1 saturated carbocycles. The van der Waals surface area contributed by atoms with E-state index in [0.717, 1.165) is 24.7 Å². The zero-order chi connectivity index (χ0) is 19.7. The lowest BCUT2D eigenvalue weighted by Crippen LogP contribution is -2.17. The van der Waals surface area contributed by atoms with E-state index in [4.69, 9.17) is 0 Å². The minimum atomic E-state index is -4.74. The minimum Gasteiger partial charge on any atom is -0.406 e. The normalized spacial score (nSPS) is 14.0. The molecule has 144 valence electrons. The number of hydrogen-bond acceptors (Lipinski definition) is 5. The van der Waals surface area contributed by atoms with E-state index in [0.29, 0.717) is 29.1 Å². The number of nitrogens with zero attached hydrogens (tertiary/aromatic N) is 3. The first-order valence-electron chi connectivity index (χ1n) is 8.57. The topological polar surface area (TPSA) is 69.0 Å². The van der Waals surface area contributed by atoms with E-state index in [2.05, 4.69) is 20.1 Å². The molecule has 0 spiro atoms. The van der Waals surface area contributed by atoms with Crippen molar-refractivity contribution in [1.82, 2.24) is 14.8 Å². The highest BCUT2D eigenvalue weighted by Crippen LogP contribution is 2.29. The Hall–Kier alpha value is -3.36. The monoisotopic (exact) mass is 388 g/mol. The molecule has 0 saturated heterocycles. The van der Waals surface area contributed by atoms with Gasteiger partial charge in [-0.05, 0) is 37.1 Å². The Labute approximate surface area is 158 Å². The molecule has 0 radical (unpaired) electrons. The van der Waals surface area contributed by atoms with E-state index in [1.807, 2.05) is 0 Å². The van der Waals surface area contributed by atoms with Crippen molar-refractivity contribution in [3.63, 3.8) is 0 Å². The molecule has 4 rings (SSSR count). The van der Waals surface area contributed by atoms with E-state index in [1.165, 1.54) is 24.3 Å².